The standard InChI is InChI=1S/C6H18FO3PSi2/c1-12(2,3)9-11(7,8)10-13(4,5)6/h1-6H3. The van der Waals surface area contributed by atoms with Crippen molar-refractivity contribution in [3.05, 3.63) is 0 Å². The molecule has 0 saturated heterocycles. The van der Waals surface area contributed by atoms with Gasteiger partial charge in [-0.1, -0.05) is 0 Å². The second kappa shape index (κ2) is 3.94. The van der Waals surface area contributed by atoms with Crippen LogP contribution < -0.4 is 0 Å². The molecule has 0 amide bonds. The first-order valence-electron chi connectivity index (χ1n) is 4.13. The van der Waals surface area contributed by atoms with E-state index in [0.717, 1.165) is 0 Å². The normalized spacial score (nSPS) is 14.7. The molecule has 0 unspecified atom stereocenters. The number of hydrogen-bond acceptors (Lipinski definition) is 3. The zero-order valence-corrected chi connectivity index (χ0v) is 11.9. The van der Waals surface area contributed by atoms with E-state index in [9.17, 15) is 8.76 Å². The van der Waals surface area contributed by atoms with Gasteiger partial charge in [-0.15, -0.1) is 4.20 Å². The van der Waals surface area contributed by atoms with Gasteiger partial charge in [0.15, 0.2) is 16.6 Å². The summed E-state index contributed by atoms with van der Waals surface area (Å²) < 4.78 is 34.1. The predicted octanol–water partition coefficient (Wildman–Crippen LogP) is 3.77. The fraction of sp³-hybridized carbons (Fsp3) is 1.00. The first-order valence-corrected chi connectivity index (χ1v) is 12.4. The molecule has 0 fully saturated rings. The summed E-state index contributed by atoms with van der Waals surface area (Å²) in [5.41, 5.74) is 0. The van der Waals surface area contributed by atoms with E-state index in [0.29, 0.717) is 0 Å². The molecule has 0 aromatic heterocycles. The molecule has 3 nitrogen and oxygen atoms in total. The van der Waals surface area contributed by atoms with Crippen molar-refractivity contribution in [2.24, 2.45) is 0 Å². The maximum absolute atomic E-state index is 13.3. The SMILES string of the molecule is C[Si](C)(C)OP(=O)(F)O[Si](C)(C)C. The topological polar surface area (TPSA) is 35.5 Å². The molecule has 0 aliphatic carbocycles. The summed E-state index contributed by atoms with van der Waals surface area (Å²) >= 11 is 0. The van der Waals surface area contributed by atoms with Crippen molar-refractivity contribution in [2.75, 3.05) is 0 Å². The highest BCUT2D eigenvalue weighted by Gasteiger charge is 2.36. The lowest BCUT2D eigenvalue weighted by Crippen LogP contribution is -2.28. The Morgan fingerprint density at radius 3 is 1.31 bits per heavy atom. The monoisotopic (exact) mass is 244 g/mol. The largest absolute Gasteiger partial charge is 0.493 e. The average molecular weight is 244 g/mol. The maximum atomic E-state index is 13.3. The molecular formula is C6H18FO3PSi2. The molecule has 0 rings (SSSR count). The minimum Gasteiger partial charge on any atom is -0.327 e. The van der Waals surface area contributed by atoms with Gasteiger partial charge < -0.3 is 8.43 Å². The first-order chi connectivity index (χ1) is 5.41. The highest BCUT2D eigenvalue weighted by Crippen LogP contribution is 2.54. The summed E-state index contributed by atoms with van der Waals surface area (Å²) in [5.74, 6) is 0. The van der Waals surface area contributed by atoms with Crippen LogP contribution in [0.2, 0.25) is 39.3 Å². The Bertz CT molecular complexity index is 201. The molecule has 0 aliphatic rings. The Morgan fingerprint density at radius 2 is 1.15 bits per heavy atom. The molecule has 0 aliphatic heterocycles. The summed E-state index contributed by atoms with van der Waals surface area (Å²) in [6.07, 6.45) is 0. The Hall–Kier alpha value is 0.514. The quantitative estimate of drug-likeness (QED) is 0.558. The lowest BCUT2D eigenvalue weighted by molar-refractivity contribution is 0.334. The van der Waals surface area contributed by atoms with Gasteiger partial charge in [-0.05, 0) is 39.3 Å². The van der Waals surface area contributed by atoms with Crippen LogP contribution in [0.25, 0.3) is 0 Å². The van der Waals surface area contributed by atoms with Crippen molar-refractivity contribution < 1.29 is 17.2 Å². The van der Waals surface area contributed by atoms with Gasteiger partial charge in [0.25, 0.3) is 0 Å². The van der Waals surface area contributed by atoms with E-state index in [4.69, 9.17) is 8.43 Å². The smallest absolute Gasteiger partial charge is 0.327 e. The van der Waals surface area contributed by atoms with E-state index in [1.54, 1.807) is 39.3 Å². The van der Waals surface area contributed by atoms with Gasteiger partial charge in [-0.3, -0.25) is 0 Å². The minimum absolute atomic E-state index is 1.77. The van der Waals surface area contributed by atoms with Crippen molar-refractivity contribution in [2.45, 2.75) is 39.3 Å². The van der Waals surface area contributed by atoms with Crippen molar-refractivity contribution in [1.82, 2.24) is 0 Å². The molecule has 0 atom stereocenters. The third-order valence-electron chi connectivity index (χ3n) is 0.766. The van der Waals surface area contributed by atoms with Crippen molar-refractivity contribution in [3.8, 4) is 0 Å². The first kappa shape index (κ1) is 13.5. The lowest BCUT2D eigenvalue weighted by atomic mass is 11.8. The summed E-state index contributed by atoms with van der Waals surface area (Å²) in [6, 6.07) is 0. The van der Waals surface area contributed by atoms with E-state index in [1.165, 1.54) is 0 Å². The van der Waals surface area contributed by atoms with Gasteiger partial charge in [0, 0.05) is 0 Å². The number of hydrogen-bond donors (Lipinski definition) is 0. The fourth-order valence-electron chi connectivity index (χ4n) is 0.673. The molecule has 0 aromatic carbocycles. The van der Waals surface area contributed by atoms with Crippen molar-refractivity contribution >= 4 is 24.5 Å². The third kappa shape index (κ3) is 8.83. The maximum Gasteiger partial charge on any atom is 0.493 e. The van der Waals surface area contributed by atoms with Crippen LogP contribution in [0.4, 0.5) is 4.20 Å². The summed E-state index contributed by atoms with van der Waals surface area (Å²) in [5, 5.41) is 0. The van der Waals surface area contributed by atoms with Crippen LogP contribution >= 0.6 is 7.91 Å². The molecule has 80 valence electrons. The highest BCUT2D eigenvalue weighted by atomic mass is 31.2. The molecule has 0 spiro atoms. The van der Waals surface area contributed by atoms with E-state index in [-0.39, 0.29) is 0 Å². The van der Waals surface area contributed by atoms with Crippen molar-refractivity contribution in [3.63, 3.8) is 0 Å². The summed E-state index contributed by atoms with van der Waals surface area (Å²) in [6.45, 7) is 10.6. The minimum atomic E-state index is -4.31. The molecule has 7 heteroatoms. The van der Waals surface area contributed by atoms with Crippen molar-refractivity contribution in [1.29, 1.82) is 0 Å². The predicted molar refractivity (Wildman–Crippen MR) is 57.6 cm³/mol. The molecule has 0 radical (unpaired) electrons. The number of halogens is 1. The Kier molecular flexibility index (Phi) is 4.10. The zero-order chi connectivity index (χ0) is 10.9. The Balaban J connectivity index is 4.35. The van der Waals surface area contributed by atoms with Crippen LogP contribution in [0.1, 0.15) is 0 Å². The van der Waals surface area contributed by atoms with Gasteiger partial charge in [0.2, 0.25) is 0 Å². The van der Waals surface area contributed by atoms with Crippen LogP contribution in [-0.4, -0.2) is 16.6 Å². The molecule has 0 saturated carbocycles. The Labute approximate surface area is 81.6 Å². The van der Waals surface area contributed by atoms with E-state index in [1.807, 2.05) is 0 Å². The van der Waals surface area contributed by atoms with Gasteiger partial charge in [-0.2, -0.15) is 0 Å². The second-order valence-electron chi connectivity index (χ2n) is 4.84. The van der Waals surface area contributed by atoms with Gasteiger partial charge in [0.05, 0.1) is 0 Å². The van der Waals surface area contributed by atoms with E-state index < -0.39 is 24.5 Å². The van der Waals surface area contributed by atoms with E-state index in [2.05, 4.69) is 0 Å². The van der Waals surface area contributed by atoms with Gasteiger partial charge >= 0.3 is 7.91 Å². The molecule has 0 aromatic rings. The molecule has 0 heterocycles. The Morgan fingerprint density at radius 1 is 0.923 bits per heavy atom. The van der Waals surface area contributed by atoms with Gasteiger partial charge in [0.1, 0.15) is 0 Å². The molecule has 0 N–H and O–H groups in total. The van der Waals surface area contributed by atoms with Crippen LogP contribution in [0.15, 0.2) is 0 Å². The van der Waals surface area contributed by atoms with Crippen LogP contribution in [0.5, 0.6) is 0 Å². The van der Waals surface area contributed by atoms with E-state index >= 15 is 0 Å². The van der Waals surface area contributed by atoms with Gasteiger partial charge in [-0.25, -0.2) is 4.57 Å². The highest BCUT2D eigenvalue weighted by molar-refractivity contribution is 7.51. The van der Waals surface area contributed by atoms with Crippen LogP contribution in [0.3, 0.4) is 0 Å². The van der Waals surface area contributed by atoms with Crippen LogP contribution in [-0.2, 0) is 13.0 Å². The molecule has 13 heavy (non-hydrogen) atoms. The zero-order valence-electron chi connectivity index (χ0n) is 9.05. The molecular weight excluding hydrogens is 226 g/mol. The lowest BCUT2D eigenvalue weighted by Gasteiger charge is -2.24. The second-order valence-corrected chi connectivity index (χ2v) is 15.6. The fourth-order valence-corrected chi connectivity index (χ4v) is 6.39. The average Bonchev–Trinajstić information content (AvgIpc) is 1.43. The third-order valence-corrected chi connectivity index (χ3v) is 6.89. The summed E-state index contributed by atoms with van der Waals surface area (Å²) in [7, 11) is -8.58. The van der Waals surface area contributed by atoms with Crippen LogP contribution in [0, 0.1) is 0 Å². The summed E-state index contributed by atoms with van der Waals surface area (Å²) in [4.78, 5) is 0. The number of rotatable bonds is 4. The molecule has 0 bridgehead atoms.